The van der Waals surface area contributed by atoms with Crippen LogP contribution in [0.4, 0.5) is 22.0 Å². The average Bonchev–Trinajstić information content (AvgIpc) is 3.05. The van der Waals surface area contributed by atoms with Gasteiger partial charge in [-0.2, -0.15) is 18.3 Å². The number of halogens is 6. The number of allylic oxidation sites excluding steroid dienone is 2. The Morgan fingerprint density at radius 3 is 2.19 bits per heavy atom. The SMILES string of the molecule is CC(=O)/C=C\C(=O)c1c(I)c(-c2ccc(F)c(F)c2)nn1-c1ccc(C(F)(F)F)cc1. The van der Waals surface area contributed by atoms with Crippen LogP contribution in [0, 0.1) is 15.2 Å². The quantitative estimate of drug-likeness (QED) is 0.177. The third-order valence-corrected chi connectivity index (χ3v) is 5.18. The summed E-state index contributed by atoms with van der Waals surface area (Å²) < 4.78 is 67.0. The molecule has 0 fully saturated rings. The molecule has 0 amide bonds. The lowest BCUT2D eigenvalue weighted by Crippen LogP contribution is -2.10. The summed E-state index contributed by atoms with van der Waals surface area (Å²) in [6, 6.07) is 6.99. The maximum absolute atomic E-state index is 13.7. The first-order valence-electron chi connectivity index (χ1n) is 8.63. The van der Waals surface area contributed by atoms with Crippen molar-refractivity contribution in [3.05, 3.63) is 81.1 Å². The van der Waals surface area contributed by atoms with Crippen molar-refractivity contribution in [1.29, 1.82) is 0 Å². The Hall–Kier alpha value is -2.89. The lowest BCUT2D eigenvalue weighted by molar-refractivity contribution is -0.137. The van der Waals surface area contributed by atoms with Crippen LogP contribution in [-0.4, -0.2) is 21.3 Å². The van der Waals surface area contributed by atoms with Gasteiger partial charge in [0.15, 0.2) is 17.4 Å². The molecule has 0 saturated carbocycles. The summed E-state index contributed by atoms with van der Waals surface area (Å²) in [5, 5.41) is 4.26. The lowest BCUT2D eigenvalue weighted by Gasteiger charge is -2.09. The molecule has 3 rings (SSSR count). The van der Waals surface area contributed by atoms with E-state index in [1.807, 2.05) is 0 Å². The van der Waals surface area contributed by atoms with Gasteiger partial charge in [0.1, 0.15) is 11.4 Å². The number of benzene rings is 2. The Bertz CT molecular complexity index is 1200. The summed E-state index contributed by atoms with van der Waals surface area (Å²) in [5.41, 5.74) is -0.502. The maximum atomic E-state index is 13.7. The van der Waals surface area contributed by atoms with E-state index in [0.717, 1.165) is 53.2 Å². The molecule has 4 nitrogen and oxygen atoms in total. The summed E-state index contributed by atoms with van der Waals surface area (Å²) in [6.45, 7) is 1.24. The lowest BCUT2D eigenvalue weighted by atomic mass is 10.1. The highest BCUT2D eigenvalue weighted by molar-refractivity contribution is 14.1. The first-order chi connectivity index (χ1) is 14.5. The number of ketones is 2. The summed E-state index contributed by atoms with van der Waals surface area (Å²) in [5.74, 6) is -3.21. The van der Waals surface area contributed by atoms with Crippen molar-refractivity contribution in [2.24, 2.45) is 0 Å². The number of nitrogens with zero attached hydrogens (tertiary/aromatic N) is 2. The molecule has 0 radical (unpaired) electrons. The molecule has 0 atom stereocenters. The van der Waals surface area contributed by atoms with E-state index in [0.29, 0.717) is 0 Å². The number of aromatic nitrogens is 2. The van der Waals surface area contributed by atoms with Crippen LogP contribution in [0.1, 0.15) is 23.0 Å². The number of carbonyl (C=O) groups is 2. The smallest absolute Gasteiger partial charge is 0.295 e. The minimum absolute atomic E-state index is 0.0439. The monoisotopic (exact) mass is 546 g/mol. The second-order valence-electron chi connectivity index (χ2n) is 6.40. The largest absolute Gasteiger partial charge is 0.416 e. The second kappa shape index (κ2) is 8.69. The fourth-order valence-corrected chi connectivity index (χ4v) is 3.60. The van der Waals surface area contributed by atoms with Crippen molar-refractivity contribution in [3.8, 4) is 16.9 Å². The molecule has 0 bridgehead atoms. The average molecular weight is 546 g/mol. The molecule has 0 N–H and O–H groups in total. The van der Waals surface area contributed by atoms with Gasteiger partial charge in [-0.05, 0) is 84.1 Å². The van der Waals surface area contributed by atoms with Gasteiger partial charge in [-0.25, -0.2) is 13.5 Å². The van der Waals surface area contributed by atoms with E-state index >= 15 is 0 Å². The molecule has 0 aliphatic rings. The Balaban J connectivity index is 2.19. The Morgan fingerprint density at radius 1 is 1.00 bits per heavy atom. The van der Waals surface area contributed by atoms with E-state index in [4.69, 9.17) is 0 Å². The number of alkyl halides is 3. The van der Waals surface area contributed by atoms with Gasteiger partial charge in [-0.1, -0.05) is 0 Å². The highest BCUT2D eigenvalue weighted by Crippen LogP contribution is 2.32. The zero-order chi connectivity index (χ0) is 22.9. The minimum atomic E-state index is -4.54. The highest BCUT2D eigenvalue weighted by atomic mass is 127. The van der Waals surface area contributed by atoms with Gasteiger partial charge in [0.25, 0.3) is 0 Å². The second-order valence-corrected chi connectivity index (χ2v) is 7.48. The van der Waals surface area contributed by atoms with Gasteiger partial charge < -0.3 is 0 Å². The first kappa shape index (κ1) is 22.8. The van der Waals surface area contributed by atoms with Crippen molar-refractivity contribution >= 4 is 34.2 Å². The molecule has 0 aliphatic heterocycles. The molecule has 1 aromatic heterocycles. The number of carbonyl (C=O) groups excluding carboxylic acids is 2. The molecule has 160 valence electrons. The number of hydrogen-bond acceptors (Lipinski definition) is 3. The molecule has 0 aliphatic carbocycles. The number of hydrogen-bond donors (Lipinski definition) is 0. The standard InChI is InChI=1S/C21H12F5IN2O2/c1-11(30)2-9-17(31)20-18(27)19(12-3-8-15(22)16(23)10-12)28-29(20)14-6-4-13(5-7-14)21(24,25)26/h2-10H,1H3/b9-2-. The minimum Gasteiger partial charge on any atom is -0.295 e. The van der Waals surface area contributed by atoms with Crippen LogP contribution in [0.2, 0.25) is 0 Å². The summed E-state index contributed by atoms with van der Waals surface area (Å²) >= 11 is 1.79. The molecule has 0 spiro atoms. The van der Waals surface area contributed by atoms with Crippen LogP contribution < -0.4 is 0 Å². The van der Waals surface area contributed by atoms with Gasteiger partial charge in [-0.15, -0.1) is 0 Å². The molecule has 10 heteroatoms. The third kappa shape index (κ3) is 4.89. The molecule has 2 aromatic carbocycles. The van der Waals surface area contributed by atoms with Gasteiger partial charge in [0.05, 0.1) is 14.8 Å². The topological polar surface area (TPSA) is 52.0 Å². The molecule has 1 heterocycles. The molecular formula is C21H12F5IN2O2. The van der Waals surface area contributed by atoms with Crippen molar-refractivity contribution in [2.45, 2.75) is 13.1 Å². The van der Waals surface area contributed by atoms with Crippen molar-refractivity contribution in [3.63, 3.8) is 0 Å². The predicted octanol–water partition coefficient (Wildman–Crippen LogP) is 5.77. The summed E-state index contributed by atoms with van der Waals surface area (Å²) in [7, 11) is 0. The van der Waals surface area contributed by atoms with Crippen molar-refractivity contribution in [2.75, 3.05) is 0 Å². The van der Waals surface area contributed by atoms with Crippen LogP contribution in [0.15, 0.2) is 54.6 Å². The molecule has 0 saturated heterocycles. The van der Waals surface area contributed by atoms with Crippen molar-refractivity contribution < 1.29 is 31.5 Å². The molecular weight excluding hydrogens is 534 g/mol. The summed E-state index contributed by atoms with van der Waals surface area (Å²) in [4.78, 5) is 23.9. The Morgan fingerprint density at radius 2 is 1.65 bits per heavy atom. The van der Waals surface area contributed by atoms with E-state index in [-0.39, 0.29) is 32.0 Å². The normalized spacial score (nSPS) is 11.8. The van der Waals surface area contributed by atoms with Crippen LogP contribution in [0.25, 0.3) is 16.9 Å². The van der Waals surface area contributed by atoms with Crippen molar-refractivity contribution in [1.82, 2.24) is 9.78 Å². The number of rotatable bonds is 5. The third-order valence-electron chi connectivity index (χ3n) is 4.16. The van der Waals surface area contributed by atoms with E-state index < -0.39 is 29.2 Å². The van der Waals surface area contributed by atoms with Gasteiger partial charge in [-0.3, -0.25) is 9.59 Å². The van der Waals surface area contributed by atoms with Crippen LogP contribution in [-0.2, 0) is 11.0 Å². The van der Waals surface area contributed by atoms with E-state index in [1.165, 1.54) is 13.0 Å². The zero-order valence-electron chi connectivity index (χ0n) is 15.7. The first-order valence-corrected chi connectivity index (χ1v) is 9.71. The van der Waals surface area contributed by atoms with Crippen LogP contribution in [0.3, 0.4) is 0 Å². The summed E-state index contributed by atoms with van der Waals surface area (Å²) in [6.07, 6.45) is -2.49. The van der Waals surface area contributed by atoms with E-state index in [9.17, 15) is 31.5 Å². The zero-order valence-corrected chi connectivity index (χ0v) is 17.8. The fourth-order valence-electron chi connectivity index (χ4n) is 2.69. The van der Waals surface area contributed by atoms with E-state index in [1.54, 1.807) is 22.6 Å². The molecule has 31 heavy (non-hydrogen) atoms. The molecule has 3 aromatic rings. The van der Waals surface area contributed by atoms with E-state index in [2.05, 4.69) is 5.10 Å². The Labute approximate surface area is 186 Å². The van der Waals surface area contributed by atoms with Gasteiger partial charge >= 0.3 is 6.18 Å². The van der Waals surface area contributed by atoms with Crippen LogP contribution in [0.5, 0.6) is 0 Å². The van der Waals surface area contributed by atoms with Gasteiger partial charge in [0.2, 0.25) is 5.78 Å². The van der Waals surface area contributed by atoms with Crippen LogP contribution >= 0.6 is 22.6 Å². The Kier molecular flexibility index (Phi) is 6.39. The maximum Gasteiger partial charge on any atom is 0.416 e. The fraction of sp³-hybridized carbons (Fsp3) is 0.0952. The predicted molar refractivity (Wildman–Crippen MR) is 111 cm³/mol. The van der Waals surface area contributed by atoms with Gasteiger partial charge in [0, 0.05) is 5.56 Å². The highest BCUT2D eigenvalue weighted by Gasteiger charge is 2.30. The molecule has 0 unspecified atom stereocenters.